The number of hydrogen-bond donors (Lipinski definition) is 0. The minimum absolute atomic E-state index is 0.0112. The molecule has 2 heterocycles. The molecule has 2 fully saturated rings. The molecule has 2 aliphatic heterocycles. The summed E-state index contributed by atoms with van der Waals surface area (Å²) in [6, 6.07) is 4.78. The highest BCUT2D eigenvalue weighted by atomic mass is 32.2. The van der Waals surface area contributed by atoms with Crippen LogP contribution < -0.4 is 4.90 Å². The lowest BCUT2D eigenvalue weighted by Gasteiger charge is -2.29. The molecule has 0 radical (unpaired) electrons. The summed E-state index contributed by atoms with van der Waals surface area (Å²) in [7, 11) is 0. The van der Waals surface area contributed by atoms with Gasteiger partial charge in [0.15, 0.2) is 5.11 Å². The average Bonchev–Trinajstić information content (AvgIpc) is 3.03. The number of carbonyl (C=O) groups is 2. The lowest BCUT2D eigenvalue weighted by atomic mass is 10.0. The molecule has 2 saturated heterocycles. The van der Waals surface area contributed by atoms with Gasteiger partial charge in [0, 0.05) is 26.2 Å². The Kier molecular flexibility index (Phi) is 10.1. The second-order valence-electron chi connectivity index (χ2n) is 10.0. The van der Waals surface area contributed by atoms with E-state index >= 15 is 0 Å². The summed E-state index contributed by atoms with van der Waals surface area (Å²) in [5.74, 6) is -0.393. The monoisotopic (exact) mass is 569 g/mol. The number of halogens is 3. The van der Waals surface area contributed by atoms with Gasteiger partial charge in [-0.3, -0.25) is 14.5 Å². The molecule has 3 rings (SSSR count). The van der Waals surface area contributed by atoms with Crippen molar-refractivity contribution in [3.8, 4) is 6.07 Å². The van der Waals surface area contributed by atoms with Gasteiger partial charge in [-0.05, 0) is 82.9 Å². The number of alkyl halides is 3. The molecule has 0 aromatic heterocycles. The maximum absolute atomic E-state index is 13.5. The number of benzene rings is 1. The van der Waals surface area contributed by atoms with Crippen LogP contribution in [0.1, 0.15) is 57.1 Å². The van der Waals surface area contributed by atoms with E-state index in [0.717, 1.165) is 81.9 Å². The largest absolute Gasteiger partial charge is 0.417 e. The van der Waals surface area contributed by atoms with Crippen LogP contribution in [0, 0.1) is 11.3 Å². The highest BCUT2D eigenvalue weighted by Crippen LogP contribution is 2.38. The number of carbonyl (C=O) groups excluding carboxylic acids is 2. The maximum Gasteiger partial charge on any atom is 0.417 e. The van der Waals surface area contributed by atoms with Crippen LogP contribution in [-0.2, 0) is 11.0 Å². The van der Waals surface area contributed by atoms with Crippen LogP contribution in [-0.4, -0.2) is 82.0 Å². The summed E-state index contributed by atoms with van der Waals surface area (Å²) < 4.78 is 40.4. The molecular formula is C26H34F3N5O2S2. The number of thiocarbonyl (C=S) groups is 1. The van der Waals surface area contributed by atoms with Crippen LogP contribution in [0.3, 0.4) is 0 Å². The smallest absolute Gasteiger partial charge is 0.334 e. The van der Waals surface area contributed by atoms with E-state index in [-0.39, 0.29) is 16.0 Å². The van der Waals surface area contributed by atoms with E-state index in [4.69, 9.17) is 17.5 Å². The third kappa shape index (κ3) is 6.79. The third-order valence-corrected chi connectivity index (χ3v) is 8.15. The Labute approximate surface area is 231 Å². The van der Waals surface area contributed by atoms with Crippen molar-refractivity contribution in [2.75, 3.05) is 50.4 Å². The summed E-state index contributed by atoms with van der Waals surface area (Å²) in [4.78, 5) is 32.4. The van der Waals surface area contributed by atoms with Crippen LogP contribution in [0.2, 0.25) is 0 Å². The molecule has 0 bridgehead atoms. The number of unbranched alkanes of at least 4 members (excludes halogenated alkanes) is 3. The number of anilines is 1. The SMILES string of the molecule is CSC(=O)N1CCCN(CCCCCCN2C(=S)N(c3ccc(C#N)c(C(F)(F)F)c3)C(=O)C2(C)C)CC1. The zero-order valence-electron chi connectivity index (χ0n) is 22.0. The maximum atomic E-state index is 13.5. The minimum atomic E-state index is -4.72. The number of rotatable bonds is 8. The van der Waals surface area contributed by atoms with Crippen molar-refractivity contribution in [1.82, 2.24) is 14.7 Å². The first-order chi connectivity index (χ1) is 17.9. The normalized spacial score (nSPS) is 18.6. The van der Waals surface area contributed by atoms with Crippen molar-refractivity contribution in [3.63, 3.8) is 0 Å². The number of nitriles is 1. The van der Waals surface area contributed by atoms with Gasteiger partial charge in [-0.2, -0.15) is 18.4 Å². The molecule has 0 aliphatic carbocycles. The van der Waals surface area contributed by atoms with Gasteiger partial charge in [-0.15, -0.1) is 0 Å². The van der Waals surface area contributed by atoms with Crippen LogP contribution in [0.4, 0.5) is 23.7 Å². The lowest BCUT2D eigenvalue weighted by Crippen LogP contribution is -2.44. The van der Waals surface area contributed by atoms with Crippen LogP contribution in [0.5, 0.6) is 0 Å². The fourth-order valence-electron chi connectivity index (χ4n) is 4.91. The number of nitrogens with zero attached hydrogens (tertiary/aromatic N) is 5. The van der Waals surface area contributed by atoms with Crippen molar-refractivity contribution in [2.24, 2.45) is 0 Å². The van der Waals surface area contributed by atoms with E-state index in [0.29, 0.717) is 6.54 Å². The Balaban J connectivity index is 1.52. The second-order valence-corrected chi connectivity index (χ2v) is 11.2. The van der Waals surface area contributed by atoms with Crippen molar-refractivity contribution < 1.29 is 22.8 Å². The minimum Gasteiger partial charge on any atom is -0.334 e. The molecule has 2 amide bonds. The Bertz CT molecular complexity index is 1090. The molecule has 0 unspecified atom stereocenters. The van der Waals surface area contributed by atoms with Gasteiger partial charge in [0.2, 0.25) is 0 Å². The summed E-state index contributed by atoms with van der Waals surface area (Å²) in [5, 5.41) is 9.37. The van der Waals surface area contributed by atoms with E-state index in [9.17, 15) is 22.8 Å². The second kappa shape index (κ2) is 12.7. The molecule has 0 spiro atoms. The van der Waals surface area contributed by atoms with Crippen LogP contribution in [0.25, 0.3) is 0 Å². The van der Waals surface area contributed by atoms with E-state index in [2.05, 4.69) is 4.90 Å². The molecule has 0 N–H and O–H groups in total. The van der Waals surface area contributed by atoms with E-state index in [1.807, 2.05) is 11.2 Å². The van der Waals surface area contributed by atoms with Gasteiger partial charge in [-0.25, -0.2) is 0 Å². The Morgan fingerprint density at radius 3 is 2.42 bits per heavy atom. The van der Waals surface area contributed by atoms with Gasteiger partial charge in [0.1, 0.15) is 5.54 Å². The molecule has 0 saturated carbocycles. The predicted octanol–water partition coefficient (Wildman–Crippen LogP) is 5.34. The third-order valence-electron chi connectivity index (χ3n) is 7.14. The average molecular weight is 570 g/mol. The fraction of sp³-hybridized carbons (Fsp3) is 0.615. The van der Waals surface area contributed by atoms with E-state index < -0.39 is 28.7 Å². The van der Waals surface area contributed by atoms with Gasteiger partial charge in [-0.1, -0.05) is 24.6 Å². The van der Waals surface area contributed by atoms with E-state index in [1.54, 1.807) is 24.8 Å². The Morgan fingerprint density at radius 2 is 1.79 bits per heavy atom. The van der Waals surface area contributed by atoms with Crippen molar-refractivity contribution in [1.29, 1.82) is 5.26 Å². The molecule has 208 valence electrons. The number of hydrogen-bond acceptors (Lipinski definition) is 6. The molecule has 1 aromatic carbocycles. The molecule has 1 aromatic rings. The van der Waals surface area contributed by atoms with E-state index in [1.165, 1.54) is 17.8 Å². The quantitative estimate of drug-likeness (QED) is 0.309. The van der Waals surface area contributed by atoms with Crippen LogP contribution in [0.15, 0.2) is 18.2 Å². The number of amides is 2. The van der Waals surface area contributed by atoms with Crippen molar-refractivity contribution in [3.05, 3.63) is 29.3 Å². The number of thioether (sulfide) groups is 1. The molecule has 2 aliphatic rings. The summed E-state index contributed by atoms with van der Waals surface area (Å²) in [6.45, 7) is 8.37. The van der Waals surface area contributed by atoms with Gasteiger partial charge in [0.25, 0.3) is 11.1 Å². The standard InChI is InChI=1S/C26H34F3N5O2S2/c1-25(2)22(35)34(20-10-9-19(18-30)21(17-20)26(27,28)29)23(37)33(25)14-7-5-4-6-11-31-12-8-13-32(16-15-31)24(36)38-3/h9-10,17H,4-8,11-16H2,1-3H3. The summed E-state index contributed by atoms with van der Waals surface area (Å²) in [6.07, 6.45) is 1.83. The first-order valence-corrected chi connectivity index (χ1v) is 14.4. The van der Waals surface area contributed by atoms with Gasteiger partial charge >= 0.3 is 6.18 Å². The van der Waals surface area contributed by atoms with Crippen LogP contribution >= 0.6 is 24.0 Å². The zero-order chi connectivity index (χ0) is 28.1. The Morgan fingerprint density at radius 1 is 1.11 bits per heavy atom. The zero-order valence-corrected chi connectivity index (χ0v) is 23.6. The van der Waals surface area contributed by atoms with Gasteiger partial charge in [0.05, 0.1) is 22.9 Å². The molecule has 7 nitrogen and oxygen atoms in total. The summed E-state index contributed by atoms with van der Waals surface area (Å²) in [5.41, 5.74) is -2.56. The lowest BCUT2D eigenvalue weighted by molar-refractivity contribution is -0.137. The predicted molar refractivity (Wildman–Crippen MR) is 147 cm³/mol. The first kappa shape index (κ1) is 30.2. The fourth-order valence-corrected chi connectivity index (χ4v) is 5.86. The van der Waals surface area contributed by atoms with Gasteiger partial charge < -0.3 is 14.7 Å². The topological polar surface area (TPSA) is 70.9 Å². The first-order valence-electron chi connectivity index (χ1n) is 12.7. The highest BCUT2D eigenvalue weighted by Gasteiger charge is 2.49. The molecule has 12 heteroatoms. The molecular weight excluding hydrogens is 535 g/mol. The summed E-state index contributed by atoms with van der Waals surface area (Å²) >= 11 is 6.81. The van der Waals surface area contributed by atoms with Crippen molar-refractivity contribution >= 4 is 45.9 Å². The highest BCUT2D eigenvalue weighted by molar-refractivity contribution is 8.12. The molecule has 38 heavy (non-hydrogen) atoms. The molecule has 0 atom stereocenters. The Hall–Kier alpha value is -2.36. The van der Waals surface area contributed by atoms with Crippen molar-refractivity contribution in [2.45, 2.75) is 57.7 Å².